The van der Waals surface area contributed by atoms with Crippen LogP contribution in [0.25, 0.3) is 0 Å². The van der Waals surface area contributed by atoms with Gasteiger partial charge in [0.05, 0.1) is 6.10 Å². The minimum atomic E-state index is 0.0873. The molecule has 2 aliphatic rings. The van der Waals surface area contributed by atoms with Crippen LogP contribution in [0.5, 0.6) is 0 Å². The van der Waals surface area contributed by atoms with Gasteiger partial charge in [0.2, 0.25) is 0 Å². The zero-order chi connectivity index (χ0) is 15.9. The molecule has 0 aromatic carbocycles. The lowest BCUT2D eigenvalue weighted by Gasteiger charge is -2.32. The lowest BCUT2D eigenvalue weighted by Crippen LogP contribution is -2.44. The summed E-state index contributed by atoms with van der Waals surface area (Å²) in [6.45, 7) is 13.1. The molecule has 0 saturated carbocycles. The first-order valence-electron chi connectivity index (χ1n) is 8.95. The monoisotopic (exact) mass is 311 g/mol. The molecule has 22 heavy (non-hydrogen) atoms. The number of rotatable bonds is 6. The highest BCUT2D eigenvalue weighted by molar-refractivity contribution is 5.74. The molecular weight excluding hydrogens is 278 g/mol. The van der Waals surface area contributed by atoms with Crippen LogP contribution in [0.4, 0.5) is 4.79 Å². The summed E-state index contributed by atoms with van der Waals surface area (Å²) >= 11 is 0. The third-order valence-electron chi connectivity index (χ3n) is 4.69. The van der Waals surface area contributed by atoms with E-state index >= 15 is 0 Å². The summed E-state index contributed by atoms with van der Waals surface area (Å²) in [5, 5.41) is 3.13. The molecule has 5 heteroatoms. The molecular formula is C17H33N3O2. The molecule has 2 aliphatic heterocycles. The summed E-state index contributed by atoms with van der Waals surface area (Å²) in [7, 11) is 0. The maximum Gasteiger partial charge on any atom is 0.317 e. The van der Waals surface area contributed by atoms with Gasteiger partial charge in [0.25, 0.3) is 0 Å². The van der Waals surface area contributed by atoms with Crippen molar-refractivity contribution in [3.63, 3.8) is 0 Å². The lowest BCUT2D eigenvalue weighted by atomic mass is 9.98. The van der Waals surface area contributed by atoms with Gasteiger partial charge in [-0.05, 0) is 44.2 Å². The van der Waals surface area contributed by atoms with Crippen LogP contribution in [-0.2, 0) is 4.74 Å². The maximum absolute atomic E-state index is 12.3. The van der Waals surface area contributed by atoms with Gasteiger partial charge in [-0.2, -0.15) is 0 Å². The number of hydrogen-bond acceptors (Lipinski definition) is 3. The summed E-state index contributed by atoms with van der Waals surface area (Å²) < 4.78 is 5.84. The van der Waals surface area contributed by atoms with E-state index in [0.29, 0.717) is 11.8 Å². The molecule has 2 fully saturated rings. The van der Waals surface area contributed by atoms with Crippen molar-refractivity contribution >= 4 is 6.03 Å². The summed E-state index contributed by atoms with van der Waals surface area (Å²) in [6, 6.07) is 0.0873. The Morgan fingerprint density at radius 3 is 2.82 bits per heavy atom. The average Bonchev–Trinajstić information content (AvgIpc) is 3.00. The Morgan fingerprint density at radius 2 is 2.09 bits per heavy atom. The fraction of sp³-hybridized carbons (Fsp3) is 0.941. The number of carbonyl (C=O) groups is 1. The number of nitrogens with one attached hydrogen (secondary N) is 1. The number of likely N-dealkylation sites (tertiary alicyclic amines) is 2. The maximum atomic E-state index is 12.3. The number of nitrogens with zero attached hydrogens (tertiary/aromatic N) is 2. The summed E-state index contributed by atoms with van der Waals surface area (Å²) in [5.74, 6) is 1.16. The van der Waals surface area contributed by atoms with Crippen LogP contribution in [0, 0.1) is 11.8 Å². The largest absolute Gasteiger partial charge is 0.376 e. The van der Waals surface area contributed by atoms with Crippen LogP contribution < -0.4 is 5.32 Å². The van der Waals surface area contributed by atoms with Crippen LogP contribution >= 0.6 is 0 Å². The van der Waals surface area contributed by atoms with Gasteiger partial charge in [0.1, 0.15) is 0 Å². The first-order chi connectivity index (χ1) is 10.6. The molecule has 0 unspecified atom stereocenters. The molecule has 128 valence electrons. The van der Waals surface area contributed by atoms with Crippen LogP contribution in [0.2, 0.25) is 0 Å². The zero-order valence-electron chi connectivity index (χ0n) is 14.5. The van der Waals surface area contributed by atoms with Crippen molar-refractivity contribution in [2.45, 2.75) is 46.1 Å². The lowest BCUT2D eigenvalue weighted by molar-refractivity contribution is 0.0435. The SMILES string of the molecule is CCN1CCC[C@@H](CNC(=O)N2CC[C@@H](OCC(C)C)C2)C1. The highest BCUT2D eigenvalue weighted by Crippen LogP contribution is 2.16. The van der Waals surface area contributed by atoms with Crippen molar-refractivity contribution in [1.82, 2.24) is 15.1 Å². The molecule has 2 amide bonds. The van der Waals surface area contributed by atoms with Gasteiger partial charge >= 0.3 is 6.03 Å². The Labute approximate surface area is 135 Å². The molecule has 1 N–H and O–H groups in total. The second-order valence-electron chi connectivity index (χ2n) is 7.17. The predicted octanol–water partition coefficient (Wildman–Crippen LogP) is 2.17. The second kappa shape index (κ2) is 8.73. The quantitative estimate of drug-likeness (QED) is 0.818. The fourth-order valence-corrected chi connectivity index (χ4v) is 3.33. The van der Waals surface area contributed by atoms with Crippen molar-refractivity contribution in [3.8, 4) is 0 Å². The van der Waals surface area contributed by atoms with Crippen molar-refractivity contribution in [3.05, 3.63) is 0 Å². The fourth-order valence-electron chi connectivity index (χ4n) is 3.33. The van der Waals surface area contributed by atoms with E-state index in [1.54, 1.807) is 0 Å². The number of amides is 2. The van der Waals surface area contributed by atoms with E-state index in [4.69, 9.17) is 4.74 Å². The molecule has 2 atom stereocenters. The zero-order valence-corrected chi connectivity index (χ0v) is 14.5. The Hall–Kier alpha value is -0.810. The Bertz CT molecular complexity index is 349. The molecule has 2 heterocycles. The minimum Gasteiger partial charge on any atom is -0.376 e. The van der Waals surface area contributed by atoms with E-state index in [9.17, 15) is 4.79 Å². The van der Waals surface area contributed by atoms with E-state index in [2.05, 4.69) is 31.0 Å². The number of carbonyl (C=O) groups excluding carboxylic acids is 1. The summed E-state index contributed by atoms with van der Waals surface area (Å²) in [4.78, 5) is 16.7. The molecule has 0 aromatic rings. The molecule has 0 aromatic heterocycles. The van der Waals surface area contributed by atoms with E-state index in [1.165, 1.54) is 19.4 Å². The summed E-state index contributed by atoms with van der Waals surface area (Å²) in [6.07, 6.45) is 3.67. The van der Waals surface area contributed by atoms with Crippen LogP contribution in [0.15, 0.2) is 0 Å². The van der Waals surface area contributed by atoms with Gasteiger partial charge in [0.15, 0.2) is 0 Å². The van der Waals surface area contributed by atoms with Gasteiger partial charge in [-0.1, -0.05) is 20.8 Å². The van der Waals surface area contributed by atoms with Crippen LogP contribution in [0.3, 0.4) is 0 Å². The Kier molecular flexibility index (Phi) is 6.96. The smallest absolute Gasteiger partial charge is 0.317 e. The van der Waals surface area contributed by atoms with Crippen molar-refractivity contribution in [2.75, 3.05) is 45.9 Å². The molecule has 5 nitrogen and oxygen atoms in total. The minimum absolute atomic E-state index is 0.0873. The molecule has 2 rings (SSSR count). The van der Waals surface area contributed by atoms with Crippen LogP contribution in [0.1, 0.15) is 40.0 Å². The van der Waals surface area contributed by atoms with E-state index in [1.807, 2.05) is 4.90 Å². The first kappa shape index (κ1) is 17.5. The first-order valence-corrected chi connectivity index (χ1v) is 8.95. The van der Waals surface area contributed by atoms with Crippen molar-refractivity contribution < 1.29 is 9.53 Å². The molecule has 0 spiro atoms. The summed E-state index contributed by atoms with van der Waals surface area (Å²) in [5.41, 5.74) is 0. The number of ether oxygens (including phenoxy) is 1. The highest BCUT2D eigenvalue weighted by Gasteiger charge is 2.27. The number of hydrogen-bond donors (Lipinski definition) is 1. The molecule has 0 bridgehead atoms. The molecule has 2 saturated heterocycles. The molecule has 0 radical (unpaired) electrons. The Morgan fingerprint density at radius 1 is 1.27 bits per heavy atom. The standard InChI is InChI=1S/C17H33N3O2/c1-4-19-8-5-6-15(11-19)10-18-17(21)20-9-7-16(12-20)22-13-14(2)3/h14-16H,4-13H2,1-3H3,(H,18,21)/t15-,16+/m0/s1. The topological polar surface area (TPSA) is 44.8 Å². The third kappa shape index (κ3) is 5.43. The number of urea groups is 1. The van der Waals surface area contributed by atoms with Gasteiger partial charge < -0.3 is 19.9 Å². The van der Waals surface area contributed by atoms with Crippen molar-refractivity contribution in [1.29, 1.82) is 0 Å². The number of piperidine rings is 1. The van der Waals surface area contributed by atoms with E-state index < -0.39 is 0 Å². The van der Waals surface area contributed by atoms with Gasteiger partial charge in [-0.25, -0.2) is 4.79 Å². The Balaban J connectivity index is 1.65. The van der Waals surface area contributed by atoms with E-state index in [0.717, 1.165) is 45.8 Å². The normalized spacial score (nSPS) is 26.6. The highest BCUT2D eigenvalue weighted by atomic mass is 16.5. The van der Waals surface area contributed by atoms with Crippen LogP contribution in [-0.4, -0.2) is 67.8 Å². The average molecular weight is 311 g/mol. The molecule has 0 aliphatic carbocycles. The predicted molar refractivity (Wildman–Crippen MR) is 89.0 cm³/mol. The van der Waals surface area contributed by atoms with Gasteiger partial charge in [0, 0.05) is 32.8 Å². The van der Waals surface area contributed by atoms with E-state index in [-0.39, 0.29) is 12.1 Å². The third-order valence-corrected chi connectivity index (χ3v) is 4.69. The van der Waals surface area contributed by atoms with Gasteiger partial charge in [-0.3, -0.25) is 0 Å². The van der Waals surface area contributed by atoms with Crippen molar-refractivity contribution in [2.24, 2.45) is 11.8 Å². The van der Waals surface area contributed by atoms with Gasteiger partial charge in [-0.15, -0.1) is 0 Å². The second-order valence-corrected chi connectivity index (χ2v) is 7.17.